The van der Waals surface area contributed by atoms with Crippen LogP contribution in [0.15, 0.2) is 24.3 Å². The van der Waals surface area contributed by atoms with Crippen LogP contribution in [0.5, 0.6) is 0 Å². The van der Waals surface area contributed by atoms with Crippen LogP contribution in [0.25, 0.3) is 0 Å². The molecule has 0 amide bonds. The number of aliphatic hydroxyl groups is 1. The van der Waals surface area contributed by atoms with Crippen LogP contribution in [0, 0.1) is 11.2 Å². The van der Waals surface area contributed by atoms with E-state index in [9.17, 15) is 9.50 Å². The lowest BCUT2D eigenvalue weighted by molar-refractivity contribution is -0.118. The molecule has 0 aromatic heterocycles. The van der Waals surface area contributed by atoms with Crippen LogP contribution >= 0.6 is 0 Å². The van der Waals surface area contributed by atoms with E-state index in [1.807, 2.05) is 0 Å². The second-order valence-electron chi connectivity index (χ2n) is 5.77. The van der Waals surface area contributed by atoms with Crippen LogP contribution in [-0.4, -0.2) is 17.3 Å². The summed E-state index contributed by atoms with van der Waals surface area (Å²) in [6.07, 6.45) is 2.24. The minimum atomic E-state index is -0.474. The van der Waals surface area contributed by atoms with Crippen LogP contribution in [0.2, 0.25) is 0 Å². The summed E-state index contributed by atoms with van der Waals surface area (Å²) in [5.74, 6) is -0.248. The molecule has 3 heteroatoms. The molecule has 2 rings (SSSR count). The highest BCUT2D eigenvalue weighted by Crippen LogP contribution is 2.37. The fraction of sp³-hybridized carbons (Fsp3) is 0.600. The van der Waals surface area contributed by atoms with E-state index in [2.05, 4.69) is 13.8 Å². The van der Waals surface area contributed by atoms with Crippen LogP contribution in [0.4, 0.5) is 4.39 Å². The molecule has 1 fully saturated rings. The van der Waals surface area contributed by atoms with Gasteiger partial charge >= 0.3 is 0 Å². The number of rotatable bonds is 3. The summed E-state index contributed by atoms with van der Waals surface area (Å²) in [6.45, 7) is 4.33. The van der Waals surface area contributed by atoms with Gasteiger partial charge in [-0.3, -0.25) is 0 Å². The predicted octanol–water partition coefficient (Wildman–Crippen LogP) is 3.28. The summed E-state index contributed by atoms with van der Waals surface area (Å²) in [7, 11) is 0. The van der Waals surface area contributed by atoms with E-state index in [1.165, 1.54) is 6.07 Å². The van der Waals surface area contributed by atoms with Gasteiger partial charge in [-0.25, -0.2) is 4.39 Å². The highest BCUT2D eigenvalue weighted by molar-refractivity contribution is 5.16. The van der Waals surface area contributed by atoms with Crippen molar-refractivity contribution in [3.05, 3.63) is 35.6 Å². The second-order valence-corrected chi connectivity index (χ2v) is 5.77. The first-order valence-corrected chi connectivity index (χ1v) is 6.54. The van der Waals surface area contributed by atoms with Crippen LogP contribution in [-0.2, 0) is 11.3 Å². The van der Waals surface area contributed by atoms with Gasteiger partial charge in [0, 0.05) is 5.56 Å². The topological polar surface area (TPSA) is 29.5 Å². The van der Waals surface area contributed by atoms with Crippen LogP contribution in [0.1, 0.15) is 38.7 Å². The number of hydrogen-bond acceptors (Lipinski definition) is 2. The van der Waals surface area contributed by atoms with Gasteiger partial charge in [0.2, 0.25) is 0 Å². The third-order valence-electron chi connectivity index (χ3n) is 3.87. The molecule has 0 saturated heterocycles. The number of ether oxygens (including phenoxy) is 1. The van der Waals surface area contributed by atoms with E-state index in [-0.39, 0.29) is 23.9 Å². The Kier molecular flexibility index (Phi) is 4.03. The van der Waals surface area contributed by atoms with E-state index in [0.717, 1.165) is 19.3 Å². The SMILES string of the molecule is CC1(C)CCCC(OCc2ccccc2F)C1O. The number of halogens is 1. The zero-order valence-corrected chi connectivity index (χ0v) is 11.0. The molecule has 1 N–H and O–H groups in total. The molecule has 1 aromatic rings. The molecular formula is C15H21FO2. The Morgan fingerprint density at radius 1 is 1.39 bits per heavy atom. The summed E-state index contributed by atoms with van der Waals surface area (Å²) in [4.78, 5) is 0. The standard InChI is InChI=1S/C15H21FO2/c1-15(2)9-5-8-13(14(15)17)18-10-11-6-3-4-7-12(11)16/h3-4,6-7,13-14,17H,5,8-10H2,1-2H3. The van der Waals surface area contributed by atoms with Gasteiger partial charge in [0.1, 0.15) is 5.82 Å². The van der Waals surface area contributed by atoms with Crippen molar-refractivity contribution in [2.24, 2.45) is 5.41 Å². The Bertz CT molecular complexity index is 403. The van der Waals surface area contributed by atoms with Crippen molar-refractivity contribution in [3.8, 4) is 0 Å². The summed E-state index contributed by atoms with van der Waals surface area (Å²) in [5.41, 5.74) is 0.436. The Morgan fingerprint density at radius 2 is 2.11 bits per heavy atom. The summed E-state index contributed by atoms with van der Waals surface area (Å²) < 4.78 is 19.2. The maximum Gasteiger partial charge on any atom is 0.128 e. The van der Waals surface area contributed by atoms with Crippen molar-refractivity contribution >= 4 is 0 Å². The van der Waals surface area contributed by atoms with Crippen molar-refractivity contribution in [2.45, 2.75) is 51.9 Å². The molecule has 0 bridgehead atoms. The Hall–Kier alpha value is -0.930. The molecule has 0 aliphatic heterocycles. The van der Waals surface area contributed by atoms with Crippen molar-refractivity contribution in [1.29, 1.82) is 0 Å². The summed E-state index contributed by atoms with van der Waals surface area (Å²) in [5, 5.41) is 10.2. The zero-order chi connectivity index (χ0) is 13.2. The number of aliphatic hydroxyl groups excluding tert-OH is 1. The van der Waals surface area contributed by atoms with Gasteiger partial charge in [0.15, 0.2) is 0 Å². The highest BCUT2D eigenvalue weighted by atomic mass is 19.1. The fourth-order valence-electron chi connectivity index (χ4n) is 2.55. The monoisotopic (exact) mass is 252 g/mol. The van der Waals surface area contributed by atoms with E-state index in [4.69, 9.17) is 4.74 Å². The first kappa shape index (κ1) is 13.5. The zero-order valence-electron chi connectivity index (χ0n) is 11.0. The largest absolute Gasteiger partial charge is 0.390 e. The molecule has 2 unspecified atom stereocenters. The molecule has 100 valence electrons. The third kappa shape index (κ3) is 2.90. The first-order chi connectivity index (χ1) is 8.50. The van der Waals surface area contributed by atoms with Gasteiger partial charge in [-0.1, -0.05) is 38.5 Å². The average molecular weight is 252 g/mol. The Morgan fingerprint density at radius 3 is 2.83 bits per heavy atom. The van der Waals surface area contributed by atoms with E-state index >= 15 is 0 Å². The summed E-state index contributed by atoms with van der Waals surface area (Å²) >= 11 is 0. The van der Waals surface area contributed by atoms with E-state index < -0.39 is 6.10 Å². The predicted molar refractivity (Wildman–Crippen MR) is 68.6 cm³/mol. The quantitative estimate of drug-likeness (QED) is 0.894. The fourth-order valence-corrected chi connectivity index (χ4v) is 2.55. The molecule has 1 aliphatic carbocycles. The Labute approximate surface area is 108 Å². The lowest BCUT2D eigenvalue weighted by Gasteiger charge is -2.40. The molecular weight excluding hydrogens is 231 g/mol. The maximum absolute atomic E-state index is 13.5. The number of benzene rings is 1. The smallest absolute Gasteiger partial charge is 0.128 e. The highest BCUT2D eigenvalue weighted by Gasteiger charge is 2.38. The van der Waals surface area contributed by atoms with Crippen molar-refractivity contribution in [3.63, 3.8) is 0 Å². The third-order valence-corrected chi connectivity index (χ3v) is 3.87. The summed E-state index contributed by atoms with van der Waals surface area (Å²) in [6, 6.07) is 6.61. The van der Waals surface area contributed by atoms with Crippen LogP contribution in [0.3, 0.4) is 0 Å². The lowest BCUT2D eigenvalue weighted by Crippen LogP contribution is -2.44. The van der Waals surface area contributed by atoms with Gasteiger partial charge in [0.25, 0.3) is 0 Å². The molecule has 2 nitrogen and oxygen atoms in total. The van der Waals surface area contributed by atoms with Crippen molar-refractivity contribution < 1.29 is 14.2 Å². The molecule has 1 saturated carbocycles. The minimum absolute atomic E-state index is 0.113. The number of hydrogen-bond donors (Lipinski definition) is 1. The second kappa shape index (κ2) is 5.37. The molecule has 0 spiro atoms. The molecule has 0 heterocycles. The van der Waals surface area contributed by atoms with E-state index in [1.54, 1.807) is 18.2 Å². The first-order valence-electron chi connectivity index (χ1n) is 6.54. The molecule has 1 aromatic carbocycles. The van der Waals surface area contributed by atoms with Crippen molar-refractivity contribution in [1.82, 2.24) is 0 Å². The molecule has 2 atom stereocenters. The molecule has 1 aliphatic rings. The van der Waals surface area contributed by atoms with Gasteiger partial charge in [0.05, 0.1) is 18.8 Å². The molecule has 18 heavy (non-hydrogen) atoms. The minimum Gasteiger partial charge on any atom is -0.390 e. The van der Waals surface area contributed by atoms with Crippen molar-refractivity contribution in [2.75, 3.05) is 0 Å². The maximum atomic E-state index is 13.5. The van der Waals surface area contributed by atoms with E-state index in [0.29, 0.717) is 5.56 Å². The Balaban J connectivity index is 1.96. The average Bonchev–Trinajstić information content (AvgIpc) is 2.33. The lowest BCUT2D eigenvalue weighted by atomic mass is 9.73. The van der Waals surface area contributed by atoms with Crippen LogP contribution < -0.4 is 0 Å². The van der Waals surface area contributed by atoms with Gasteiger partial charge in [-0.15, -0.1) is 0 Å². The van der Waals surface area contributed by atoms with Gasteiger partial charge < -0.3 is 9.84 Å². The van der Waals surface area contributed by atoms with Gasteiger partial charge in [-0.05, 0) is 24.3 Å². The van der Waals surface area contributed by atoms with Gasteiger partial charge in [-0.2, -0.15) is 0 Å². The molecule has 0 radical (unpaired) electrons. The normalized spacial score (nSPS) is 27.1.